The summed E-state index contributed by atoms with van der Waals surface area (Å²) in [6, 6.07) is 14.2. The van der Waals surface area contributed by atoms with Crippen LogP contribution in [-0.4, -0.2) is 59.5 Å². The van der Waals surface area contributed by atoms with Crippen LogP contribution in [-0.2, 0) is 14.3 Å². The van der Waals surface area contributed by atoms with E-state index < -0.39 is 11.9 Å². The Morgan fingerprint density at radius 2 is 1.14 bits per heavy atom. The first-order valence-electron chi connectivity index (χ1n) is 14.5. The average Bonchev–Trinajstić information content (AvgIpc) is 3.01. The fraction of sp³-hybridized carbons (Fsp3) is 0.265. The maximum Gasteiger partial charge on any atom is 0.346 e. The molecular formula is C34H27NO8. The van der Waals surface area contributed by atoms with Gasteiger partial charge in [-0.25, -0.2) is 9.59 Å². The van der Waals surface area contributed by atoms with Crippen molar-refractivity contribution in [3.05, 3.63) is 70.8 Å². The molecule has 2 aliphatic heterocycles. The molecule has 0 aliphatic carbocycles. The number of ether oxygens (including phenoxy) is 2. The summed E-state index contributed by atoms with van der Waals surface area (Å²) in [5.41, 5.74) is 1.55. The van der Waals surface area contributed by atoms with Crippen LogP contribution in [0, 0.1) is 0 Å². The summed E-state index contributed by atoms with van der Waals surface area (Å²) in [5, 5.41) is 14.8. The Morgan fingerprint density at radius 3 is 1.67 bits per heavy atom. The highest BCUT2D eigenvalue weighted by Gasteiger charge is 2.35. The quantitative estimate of drug-likeness (QED) is 0.0574. The minimum Gasteiger partial charge on any atom is -0.466 e. The molecule has 9 heteroatoms. The second kappa shape index (κ2) is 10.4. The van der Waals surface area contributed by atoms with E-state index in [-0.39, 0.29) is 37.5 Å². The fourth-order valence-corrected chi connectivity index (χ4v) is 6.55. The second-order valence-corrected chi connectivity index (χ2v) is 11.0. The van der Waals surface area contributed by atoms with Crippen molar-refractivity contribution in [3.63, 3.8) is 0 Å². The van der Waals surface area contributed by atoms with Gasteiger partial charge in [0.2, 0.25) is 0 Å². The van der Waals surface area contributed by atoms with Crippen LogP contribution in [0.4, 0.5) is 0 Å². The molecule has 1 N–H and O–H groups in total. The molecule has 5 aromatic carbocycles. The fourth-order valence-electron chi connectivity index (χ4n) is 6.55. The van der Waals surface area contributed by atoms with Crippen molar-refractivity contribution in [3.8, 4) is 0 Å². The zero-order valence-electron chi connectivity index (χ0n) is 23.2. The number of amides is 2. The van der Waals surface area contributed by atoms with Crippen LogP contribution >= 0.6 is 0 Å². The van der Waals surface area contributed by atoms with Gasteiger partial charge in [-0.2, -0.15) is 0 Å². The first kappa shape index (κ1) is 27.0. The van der Waals surface area contributed by atoms with Gasteiger partial charge in [0.1, 0.15) is 0 Å². The summed E-state index contributed by atoms with van der Waals surface area (Å²) < 4.78 is 10.2. The molecule has 0 unspecified atom stereocenters. The lowest BCUT2D eigenvalue weighted by molar-refractivity contribution is -0.143. The van der Waals surface area contributed by atoms with E-state index in [1.54, 1.807) is 24.3 Å². The van der Waals surface area contributed by atoms with E-state index in [4.69, 9.17) is 14.6 Å². The van der Waals surface area contributed by atoms with Crippen LogP contribution in [0.25, 0.3) is 43.1 Å². The van der Waals surface area contributed by atoms with Crippen LogP contribution in [0.15, 0.2) is 48.5 Å². The van der Waals surface area contributed by atoms with Gasteiger partial charge in [0, 0.05) is 41.5 Å². The minimum atomic E-state index is -0.680. The molecule has 0 atom stereocenters. The maximum absolute atomic E-state index is 13.6. The maximum atomic E-state index is 13.6. The third kappa shape index (κ3) is 4.14. The first-order valence-corrected chi connectivity index (χ1v) is 14.5. The Labute approximate surface area is 245 Å². The molecule has 2 heterocycles. The number of aliphatic hydroxyl groups is 1. The summed E-state index contributed by atoms with van der Waals surface area (Å²) in [5.74, 6) is -2.38. The van der Waals surface area contributed by atoms with Crippen LogP contribution in [0.3, 0.4) is 0 Å². The average molecular weight is 578 g/mol. The van der Waals surface area contributed by atoms with E-state index in [2.05, 4.69) is 0 Å². The number of rotatable bonds is 10. The molecule has 0 bridgehead atoms. The predicted octanol–water partition coefficient (Wildman–Crippen LogP) is 5.52. The summed E-state index contributed by atoms with van der Waals surface area (Å²) in [7, 11) is 0. The smallest absolute Gasteiger partial charge is 0.346 e. The highest BCUT2D eigenvalue weighted by Crippen LogP contribution is 2.45. The lowest BCUT2D eigenvalue weighted by Crippen LogP contribution is -2.41. The molecule has 0 radical (unpaired) electrons. The molecule has 0 aromatic heterocycles. The monoisotopic (exact) mass is 577 g/mol. The van der Waals surface area contributed by atoms with Gasteiger partial charge in [0.15, 0.2) is 0 Å². The van der Waals surface area contributed by atoms with Gasteiger partial charge in [-0.1, -0.05) is 30.7 Å². The highest BCUT2D eigenvalue weighted by molar-refractivity contribution is 6.40. The molecule has 216 valence electrons. The highest BCUT2D eigenvalue weighted by atomic mass is 16.6. The van der Waals surface area contributed by atoms with Crippen molar-refractivity contribution in [2.24, 2.45) is 0 Å². The number of imide groups is 1. The summed E-state index contributed by atoms with van der Waals surface area (Å²) in [6.07, 6.45) is 3.41. The van der Waals surface area contributed by atoms with Crippen LogP contribution in [0.1, 0.15) is 80.0 Å². The number of hydrogen-bond donors (Lipinski definition) is 1. The topological polar surface area (TPSA) is 127 Å². The van der Waals surface area contributed by atoms with Gasteiger partial charge in [-0.15, -0.1) is 0 Å². The normalized spacial score (nSPS) is 14.5. The number of aliphatic hydroxyl groups excluding tert-OH is 1. The number of carbonyl (C=O) groups excluding carboxylic acids is 5. The van der Waals surface area contributed by atoms with E-state index in [0.29, 0.717) is 65.1 Å². The predicted molar refractivity (Wildman–Crippen MR) is 159 cm³/mol. The number of hydrogen-bond acceptors (Lipinski definition) is 8. The van der Waals surface area contributed by atoms with Crippen molar-refractivity contribution < 1.29 is 38.6 Å². The molecular weight excluding hydrogens is 550 g/mol. The molecule has 2 aliphatic rings. The van der Waals surface area contributed by atoms with Crippen LogP contribution in [0.2, 0.25) is 0 Å². The van der Waals surface area contributed by atoms with Gasteiger partial charge in [-0.3, -0.25) is 19.3 Å². The van der Waals surface area contributed by atoms with Crippen molar-refractivity contribution >= 4 is 72.8 Å². The van der Waals surface area contributed by atoms with Gasteiger partial charge in [-0.05, 0) is 82.3 Å². The van der Waals surface area contributed by atoms with E-state index in [9.17, 15) is 24.0 Å². The molecule has 43 heavy (non-hydrogen) atoms. The number of carbonyl (C=O) groups is 5. The van der Waals surface area contributed by atoms with Crippen LogP contribution < -0.4 is 0 Å². The Balaban J connectivity index is 1.20. The van der Waals surface area contributed by atoms with E-state index in [0.717, 1.165) is 38.7 Å². The van der Waals surface area contributed by atoms with Crippen molar-refractivity contribution in [2.45, 2.75) is 38.5 Å². The van der Waals surface area contributed by atoms with Gasteiger partial charge >= 0.3 is 17.9 Å². The van der Waals surface area contributed by atoms with Crippen molar-refractivity contribution in [2.75, 3.05) is 19.8 Å². The van der Waals surface area contributed by atoms with E-state index in [1.807, 2.05) is 24.3 Å². The molecule has 0 spiro atoms. The largest absolute Gasteiger partial charge is 0.466 e. The third-order valence-corrected chi connectivity index (χ3v) is 8.56. The number of esters is 3. The summed E-state index contributed by atoms with van der Waals surface area (Å²) in [6.45, 7) is 0.526. The molecule has 7 rings (SSSR count). The summed E-state index contributed by atoms with van der Waals surface area (Å²) in [4.78, 5) is 65.5. The van der Waals surface area contributed by atoms with Gasteiger partial charge in [0.05, 0.1) is 17.7 Å². The van der Waals surface area contributed by atoms with E-state index in [1.165, 1.54) is 4.90 Å². The zero-order valence-corrected chi connectivity index (χ0v) is 23.2. The van der Waals surface area contributed by atoms with Crippen molar-refractivity contribution in [1.29, 1.82) is 0 Å². The molecule has 5 aromatic rings. The second-order valence-electron chi connectivity index (χ2n) is 11.0. The number of cyclic esters (lactones) is 2. The first-order chi connectivity index (χ1) is 20.9. The lowest BCUT2D eigenvalue weighted by atomic mass is 9.83. The zero-order chi connectivity index (χ0) is 29.8. The Morgan fingerprint density at radius 1 is 0.628 bits per heavy atom. The molecule has 9 nitrogen and oxygen atoms in total. The number of unbranched alkanes of at least 4 members (excludes halogenated alkanes) is 3. The third-order valence-electron chi connectivity index (χ3n) is 8.56. The molecule has 0 saturated carbocycles. The number of nitrogens with zero attached hydrogens (tertiary/aromatic N) is 1. The van der Waals surface area contributed by atoms with Crippen LogP contribution in [0.5, 0.6) is 0 Å². The summed E-state index contributed by atoms with van der Waals surface area (Å²) >= 11 is 0. The molecule has 0 fully saturated rings. The number of fused-ring (bicyclic) bond motifs is 2. The SMILES string of the molecule is O=C(CCCCCO)OCCCCN1C(=O)c2ccc3c4ccc5c6c(ccc(c7ccc(c2c37)C1=O)c64)C(=O)OC5=O. The van der Waals surface area contributed by atoms with Gasteiger partial charge in [0.25, 0.3) is 11.8 Å². The lowest BCUT2D eigenvalue weighted by Gasteiger charge is -2.28. The Bertz CT molecular complexity index is 1910. The van der Waals surface area contributed by atoms with Gasteiger partial charge < -0.3 is 14.6 Å². The van der Waals surface area contributed by atoms with Crippen molar-refractivity contribution in [1.82, 2.24) is 4.90 Å². The standard InChI is InChI=1S/C34H27NO8/c36-16-4-1-2-6-26(37)42-17-5-3-15-35-31(38)22-11-7-18-20-9-13-24-30-25(34(41)43-33(24)40)14-10-21(28(20)30)19-8-12-23(32(35)39)29(22)27(18)19/h7-14,36H,1-6,15-17H2. The van der Waals surface area contributed by atoms with E-state index >= 15 is 0 Å². The molecule has 2 amide bonds. The Kier molecular flexibility index (Phi) is 6.54. The molecule has 0 saturated heterocycles. The Hall–Kier alpha value is -4.89. The minimum absolute atomic E-state index is 0.110. The number of benzene rings is 5.